The van der Waals surface area contributed by atoms with Crippen molar-refractivity contribution in [2.24, 2.45) is 0 Å². The number of methoxy groups -OCH3 is 1. The van der Waals surface area contributed by atoms with Crippen LogP contribution in [0.1, 0.15) is 22.8 Å². The van der Waals surface area contributed by atoms with Crippen LogP contribution in [0.2, 0.25) is 0 Å². The summed E-state index contributed by atoms with van der Waals surface area (Å²) in [4.78, 5) is 21.2. The molecular formula is C10H11NO4. The number of carbonyl (C=O) groups is 1. The van der Waals surface area contributed by atoms with Gasteiger partial charge in [0.05, 0.1) is 17.1 Å². The van der Waals surface area contributed by atoms with Crippen LogP contribution in [0.25, 0.3) is 0 Å². The van der Waals surface area contributed by atoms with Crippen molar-refractivity contribution in [1.29, 1.82) is 0 Å². The molecule has 0 aromatic heterocycles. The summed E-state index contributed by atoms with van der Waals surface area (Å²) in [5.74, 6) is -0.193. The highest BCUT2D eigenvalue weighted by Crippen LogP contribution is 2.21. The van der Waals surface area contributed by atoms with Gasteiger partial charge in [0.15, 0.2) is 5.78 Å². The highest BCUT2D eigenvalue weighted by molar-refractivity contribution is 5.94. The molecule has 0 bridgehead atoms. The molecule has 80 valence electrons. The van der Waals surface area contributed by atoms with Crippen LogP contribution in [0, 0.1) is 10.1 Å². The molecule has 15 heavy (non-hydrogen) atoms. The van der Waals surface area contributed by atoms with Crippen molar-refractivity contribution in [2.75, 3.05) is 7.11 Å². The SMILES string of the molecule is COCc1ccc(C(C)=O)cc1[N+](=O)[O-]. The molecule has 0 saturated heterocycles. The molecule has 1 rings (SSSR count). The van der Waals surface area contributed by atoms with Gasteiger partial charge in [0.1, 0.15) is 0 Å². The Balaban J connectivity index is 3.20. The first-order valence-corrected chi connectivity index (χ1v) is 4.33. The van der Waals surface area contributed by atoms with E-state index in [9.17, 15) is 14.9 Å². The van der Waals surface area contributed by atoms with E-state index in [1.165, 1.54) is 20.1 Å². The summed E-state index contributed by atoms with van der Waals surface area (Å²) in [5.41, 5.74) is 0.721. The number of nitro benzene ring substituents is 1. The number of hydrogen-bond donors (Lipinski definition) is 0. The van der Waals surface area contributed by atoms with Gasteiger partial charge in [0, 0.05) is 18.7 Å². The van der Waals surface area contributed by atoms with Crippen LogP contribution in [0.5, 0.6) is 0 Å². The van der Waals surface area contributed by atoms with Crippen LogP contribution < -0.4 is 0 Å². The fourth-order valence-electron chi connectivity index (χ4n) is 1.23. The standard InChI is InChI=1S/C10H11NO4/c1-7(12)8-3-4-9(6-15-2)10(5-8)11(13)14/h3-5H,6H2,1-2H3. The van der Waals surface area contributed by atoms with Gasteiger partial charge in [-0.2, -0.15) is 0 Å². The van der Waals surface area contributed by atoms with Crippen molar-refractivity contribution in [2.45, 2.75) is 13.5 Å². The number of rotatable bonds is 4. The topological polar surface area (TPSA) is 69.4 Å². The van der Waals surface area contributed by atoms with Crippen molar-refractivity contribution < 1.29 is 14.5 Å². The summed E-state index contributed by atoms with van der Waals surface area (Å²) in [6.45, 7) is 1.53. The van der Waals surface area contributed by atoms with Crippen LogP contribution in [0.3, 0.4) is 0 Å². The number of nitro groups is 1. The first-order valence-electron chi connectivity index (χ1n) is 4.33. The second-order valence-electron chi connectivity index (χ2n) is 3.09. The third kappa shape index (κ3) is 2.60. The van der Waals surface area contributed by atoms with Crippen LogP contribution in [0.15, 0.2) is 18.2 Å². The predicted octanol–water partition coefficient (Wildman–Crippen LogP) is 1.94. The third-order valence-corrected chi connectivity index (χ3v) is 1.99. The molecule has 0 heterocycles. The third-order valence-electron chi connectivity index (χ3n) is 1.99. The molecular weight excluding hydrogens is 198 g/mol. The molecule has 0 saturated carbocycles. The van der Waals surface area contributed by atoms with Crippen molar-refractivity contribution in [3.8, 4) is 0 Å². The molecule has 0 unspecified atom stereocenters. The number of hydrogen-bond acceptors (Lipinski definition) is 4. The molecule has 5 nitrogen and oxygen atoms in total. The van der Waals surface area contributed by atoms with Crippen molar-refractivity contribution in [3.05, 3.63) is 39.4 Å². The summed E-state index contributed by atoms with van der Waals surface area (Å²) in [7, 11) is 1.46. The van der Waals surface area contributed by atoms with Crippen LogP contribution in [0.4, 0.5) is 5.69 Å². The molecule has 0 aliphatic heterocycles. The molecule has 0 radical (unpaired) electrons. The maximum Gasteiger partial charge on any atom is 0.275 e. The minimum absolute atomic E-state index is 0.0791. The van der Waals surface area contributed by atoms with Crippen LogP contribution >= 0.6 is 0 Å². The lowest BCUT2D eigenvalue weighted by Gasteiger charge is -2.02. The monoisotopic (exact) mass is 209 g/mol. The number of nitrogens with zero attached hydrogens (tertiary/aromatic N) is 1. The zero-order valence-corrected chi connectivity index (χ0v) is 8.52. The lowest BCUT2D eigenvalue weighted by atomic mass is 10.1. The first-order chi connectivity index (χ1) is 7.06. The van der Waals surface area contributed by atoms with Crippen molar-refractivity contribution in [3.63, 3.8) is 0 Å². The predicted molar refractivity (Wildman–Crippen MR) is 53.8 cm³/mol. The van der Waals surface area contributed by atoms with Gasteiger partial charge in [-0.3, -0.25) is 14.9 Å². The highest BCUT2D eigenvalue weighted by Gasteiger charge is 2.15. The molecule has 0 aliphatic carbocycles. The van der Waals surface area contributed by atoms with E-state index in [4.69, 9.17) is 4.74 Å². The van der Waals surface area contributed by atoms with Gasteiger partial charge < -0.3 is 4.74 Å². The number of ketones is 1. The fraction of sp³-hybridized carbons (Fsp3) is 0.300. The van der Waals surface area contributed by atoms with E-state index in [1.54, 1.807) is 12.1 Å². The largest absolute Gasteiger partial charge is 0.380 e. The van der Waals surface area contributed by atoms with E-state index in [1.807, 2.05) is 0 Å². The summed E-state index contributed by atoms with van der Waals surface area (Å²) in [6, 6.07) is 4.37. The Bertz CT molecular complexity index is 400. The quantitative estimate of drug-likeness (QED) is 0.431. The smallest absolute Gasteiger partial charge is 0.275 e. The Morgan fingerprint density at radius 2 is 2.20 bits per heavy atom. The minimum atomic E-state index is -0.513. The fourth-order valence-corrected chi connectivity index (χ4v) is 1.23. The molecule has 5 heteroatoms. The van der Waals surface area contributed by atoms with Gasteiger partial charge in [-0.15, -0.1) is 0 Å². The number of ether oxygens (including phenoxy) is 1. The van der Waals surface area contributed by atoms with Crippen LogP contribution in [-0.4, -0.2) is 17.8 Å². The molecule has 0 aliphatic rings. The summed E-state index contributed by atoms with van der Waals surface area (Å²) in [6.07, 6.45) is 0. The Morgan fingerprint density at radius 3 is 2.67 bits per heavy atom. The number of Topliss-reactive ketones (excluding diaryl/α,β-unsaturated/α-hetero) is 1. The average molecular weight is 209 g/mol. The Labute approximate surface area is 86.8 Å². The van der Waals surface area contributed by atoms with Gasteiger partial charge in [-0.25, -0.2) is 0 Å². The number of benzene rings is 1. The maximum absolute atomic E-state index is 11.0. The highest BCUT2D eigenvalue weighted by atomic mass is 16.6. The van der Waals surface area contributed by atoms with E-state index < -0.39 is 4.92 Å². The van der Waals surface area contributed by atoms with Crippen molar-refractivity contribution in [1.82, 2.24) is 0 Å². The lowest BCUT2D eigenvalue weighted by Crippen LogP contribution is -2.00. The van der Waals surface area contributed by atoms with Gasteiger partial charge in [0.25, 0.3) is 5.69 Å². The normalized spacial score (nSPS) is 10.0. The van der Waals surface area contributed by atoms with Crippen molar-refractivity contribution >= 4 is 11.5 Å². The van der Waals surface area contributed by atoms with Gasteiger partial charge in [0.2, 0.25) is 0 Å². The van der Waals surface area contributed by atoms with Crippen LogP contribution in [-0.2, 0) is 11.3 Å². The van der Waals surface area contributed by atoms with E-state index in [0.717, 1.165) is 0 Å². The summed E-state index contributed by atoms with van der Waals surface area (Å²) < 4.78 is 4.83. The molecule has 1 aromatic rings. The van der Waals surface area contributed by atoms with E-state index in [-0.39, 0.29) is 18.1 Å². The minimum Gasteiger partial charge on any atom is -0.380 e. The molecule has 0 fully saturated rings. The second-order valence-corrected chi connectivity index (χ2v) is 3.09. The van der Waals surface area contributed by atoms with E-state index in [2.05, 4.69) is 0 Å². The molecule has 0 atom stereocenters. The molecule has 0 amide bonds. The Morgan fingerprint density at radius 1 is 1.53 bits per heavy atom. The average Bonchev–Trinajstić information content (AvgIpc) is 2.18. The Hall–Kier alpha value is -1.75. The second kappa shape index (κ2) is 4.65. The Kier molecular flexibility index (Phi) is 3.51. The first kappa shape index (κ1) is 11.3. The van der Waals surface area contributed by atoms with E-state index in [0.29, 0.717) is 11.1 Å². The summed E-state index contributed by atoms with van der Waals surface area (Å²) >= 11 is 0. The lowest BCUT2D eigenvalue weighted by molar-refractivity contribution is -0.385. The molecule has 1 aromatic carbocycles. The zero-order valence-electron chi connectivity index (χ0n) is 8.52. The molecule has 0 spiro atoms. The number of carbonyl (C=O) groups excluding carboxylic acids is 1. The van der Waals surface area contributed by atoms with Gasteiger partial charge >= 0.3 is 0 Å². The summed E-state index contributed by atoms with van der Waals surface area (Å²) in [5, 5.41) is 10.7. The maximum atomic E-state index is 11.0. The molecule has 0 N–H and O–H groups in total. The van der Waals surface area contributed by atoms with Gasteiger partial charge in [-0.1, -0.05) is 6.07 Å². The zero-order chi connectivity index (χ0) is 11.4. The van der Waals surface area contributed by atoms with Gasteiger partial charge in [-0.05, 0) is 13.0 Å². The van der Waals surface area contributed by atoms with E-state index >= 15 is 0 Å².